The first kappa shape index (κ1) is 25.4. The van der Waals surface area contributed by atoms with Crippen molar-refractivity contribution in [2.75, 3.05) is 0 Å². The van der Waals surface area contributed by atoms with Gasteiger partial charge in [-0.15, -0.1) is 0 Å². The molecule has 1 heterocycles. The van der Waals surface area contributed by atoms with Gasteiger partial charge in [0.2, 0.25) is 0 Å². The third-order valence-corrected chi connectivity index (χ3v) is 10.1. The second kappa shape index (κ2) is 9.54. The van der Waals surface area contributed by atoms with Crippen molar-refractivity contribution in [1.82, 2.24) is 0 Å². The summed E-state index contributed by atoms with van der Waals surface area (Å²) in [7, 11) is 0. The van der Waals surface area contributed by atoms with Crippen LogP contribution in [0.1, 0.15) is 22.3 Å². The number of fused-ring (bicyclic) bond motifs is 7. The lowest BCUT2D eigenvalue weighted by Crippen LogP contribution is -2.28. The number of hydrogen-bond acceptors (Lipinski definition) is 1. The Bertz CT molecular complexity index is 2450. The molecule has 0 saturated carbocycles. The number of para-hydroxylation sites is 1. The third kappa shape index (κ3) is 3.35. The first-order valence-corrected chi connectivity index (χ1v) is 15.9. The quantitative estimate of drug-likeness (QED) is 0.201. The lowest BCUT2D eigenvalue weighted by atomic mass is 9.66. The number of hydrogen-bond donors (Lipinski definition) is 0. The molecule has 0 fully saturated rings. The highest BCUT2D eigenvalue weighted by Gasteiger charge is 2.47. The van der Waals surface area contributed by atoms with E-state index in [4.69, 9.17) is 4.74 Å². The lowest BCUT2D eigenvalue weighted by molar-refractivity contribution is 0.489. The van der Waals surface area contributed by atoms with Gasteiger partial charge in [-0.1, -0.05) is 158 Å². The van der Waals surface area contributed by atoms with Crippen LogP contribution in [0.5, 0.6) is 11.5 Å². The van der Waals surface area contributed by atoms with Gasteiger partial charge >= 0.3 is 0 Å². The van der Waals surface area contributed by atoms with E-state index in [-0.39, 0.29) is 0 Å². The average molecular weight is 585 g/mol. The maximum Gasteiger partial charge on any atom is 0.143 e. The summed E-state index contributed by atoms with van der Waals surface area (Å²) in [4.78, 5) is 0. The zero-order valence-electron chi connectivity index (χ0n) is 25.1. The fourth-order valence-electron chi connectivity index (χ4n) is 8.25. The van der Waals surface area contributed by atoms with E-state index >= 15 is 0 Å². The van der Waals surface area contributed by atoms with E-state index in [1.807, 2.05) is 0 Å². The molecule has 10 rings (SSSR count). The molecule has 1 aliphatic carbocycles. The minimum absolute atomic E-state index is 0.502. The van der Waals surface area contributed by atoms with Crippen LogP contribution in [-0.4, -0.2) is 0 Å². The van der Waals surface area contributed by atoms with Gasteiger partial charge in [-0.2, -0.15) is 0 Å². The van der Waals surface area contributed by atoms with Gasteiger partial charge in [0.1, 0.15) is 11.5 Å². The molecule has 1 heteroatoms. The largest absolute Gasteiger partial charge is 0.455 e. The molecule has 46 heavy (non-hydrogen) atoms. The van der Waals surface area contributed by atoms with Crippen LogP contribution in [0.2, 0.25) is 0 Å². The van der Waals surface area contributed by atoms with E-state index in [1.54, 1.807) is 0 Å². The Balaban J connectivity index is 1.29. The van der Waals surface area contributed by atoms with Crippen LogP contribution in [0.25, 0.3) is 54.9 Å². The van der Waals surface area contributed by atoms with Crippen molar-refractivity contribution < 1.29 is 4.74 Å². The van der Waals surface area contributed by atoms with Crippen molar-refractivity contribution in [3.8, 4) is 44.9 Å². The molecule has 0 unspecified atom stereocenters. The molecule has 0 saturated heterocycles. The van der Waals surface area contributed by atoms with Gasteiger partial charge in [-0.3, -0.25) is 0 Å². The van der Waals surface area contributed by atoms with E-state index in [0.717, 1.165) is 28.2 Å². The second-order valence-corrected chi connectivity index (χ2v) is 12.4. The first-order valence-electron chi connectivity index (χ1n) is 15.9. The second-order valence-electron chi connectivity index (χ2n) is 12.4. The molecule has 0 aromatic heterocycles. The summed E-state index contributed by atoms with van der Waals surface area (Å²) in [5, 5.41) is 4.92. The minimum atomic E-state index is -0.502. The molecule has 1 nitrogen and oxygen atoms in total. The Morgan fingerprint density at radius 1 is 0.413 bits per heavy atom. The normalized spacial score (nSPS) is 13.6. The van der Waals surface area contributed by atoms with Gasteiger partial charge < -0.3 is 4.74 Å². The van der Waals surface area contributed by atoms with Crippen LogP contribution in [-0.2, 0) is 5.41 Å². The van der Waals surface area contributed by atoms with E-state index in [1.165, 1.54) is 60.5 Å². The summed E-state index contributed by atoms with van der Waals surface area (Å²) in [5.74, 6) is 1.83. The number of rotatable bonds is 3. The fourth-order valence-corrected chi connectivity index (χ4v) is 8.25. The smallest absolute Gasteiger partial charge is 0.143 e. The van der Waals surface area contributed by atoms with Gasteiger partial charge in [-0.05, 0) is 72.8 Å². The standard InChI is InChI=1S/C45H28O/c1-3-15-32(16-4-1)45(33-17-5-2-6-18-33)40-28-31(25-26-36(40)38-27-24-29-12-7-8-19-34(29)43(38)45)35-20-11-22-39-37-21-9-13-30-14-10-23-41(42(30)37)46-44(35)39/h1-28H. The fraction of sp³-hybridized carbons (Fsp3) is 0.0222. The highest BCUT2D eigenvalue weighted by atomic mass is 16.5. The van der Waals surface area contributed by atoms with Crippen LogP contribution < -0.4 is 4.74 Å². The molecule has 8 aromatic carbocycles. The highest BCUT2D eigenvalue weighted by molar-refractivity contribution is 6.06. The molecule has 0 spiro atoms. The first-order chi connectivity index (χ1) is 22.8. The van der Waals surface area contributed by atoms with Gasteiger partial charge in [0, 0.05) is 16.5 Å². The third-order valence-electron chi connectivity index (χ3n) is 10.1. The number of benzene rings is 8. The van der Waals surface area contributed by atoms with Gasteiger partial charge in [-0.25, -0.2) is 0 Å². The maximum absolute atomic E-state index is 6.80. The van der Waals surface area contributed by atoms with Crippen molar-refractivity contribution in [3.63, 3.8) is 0 Å². The summed E-state index contributed by atoms with van der Waals surface area (Å²) in [6.07, 6.45) is 0. The molecule has 1 aliphatic heterocycles. The SMILES string of the molecule is c1ccc(C2(c3ccccc3)c3cc(-c4cccc5c4Oc4cccc6cccc-5c46)ccc3-c3ccc4ccccc4c32)cc1. The van der Waals surface area contributed by atoms with Crippen LogP contribution in [0.15, 0.2) is 170 Å². The van der Waals surface area contributed by atoms with E-state index in [2.05, 4.69) is 170 Å². The summed E-state index contributed by atoms with van der Waals surface area (Å²) in [5.41, 5.74) is 11.8. The Morgan fingerprint density at radius 2 is 1.04 bits per heavy atom. The topological polar surface area (TPSA) is 9.23 Å². The van der Waals surface area contributed by atoms with Crippen LogP contribution in [0.4, 0.5) is 0 Å². The van der Waals surface area contributed by atoms with E-state index in [0.29, 0.717) is 0 Å². The average Bonchev–Trinajstić information content (AvgIpc) is 3.43. The van der Waals surface area contributed by atoms with E-state index < -0.39 is 5.41 Å². The van der Waals surface area contributed by atoms with Gasteiger partial charge in [0.15, 0.2) is 0 Å². The van der Waals surface area contributed by atoms with Crippen molar-refractivity contribution in [2.45, 2.75) is 5.41 Å². The monoisotopic (exact) mass is 584 g/mol. The zero-order valence-corrected chi connectivity index (χ0v) is 25.1. The van der Waals surface area contributed by atoms with Gasteiger partial charge in [0.25, 0.3) is 0 Å². The molecule has 0 radical (unpaired) electrons. The predicted molar refractivity (Wildman–Crippen MR) is 190 cm³/mol. The molecular formula is C45H28O. The van der Waals surface area contributed by atoms with Crippen LogP contribution in [0, 0.1) is 0 Å². The van der Waals surface area contributed by atoms with Crippen molar-refractivity contribution in [2.24, 2.45) is 0 Å². The molecule has 0 bridgehead atoms. The Hall–Kier alpha value is -5.92. The minimum Gasteiger partial charge on any atom is -0.455 e. The summed E-state index contributed by atoms with van der Waals surface area (Å²) in [6.45, 7) is 0. The molecule has 214 valence electrons. The van der Waals surface area contributed by atoms with E-state index in [9.17, 15) is 0 Å². The summed E-state index contributed by atoms with van der Waals surface area (Å²) >= 11 is 0. The molecule has 0 amide bonds. The van der Waals surface area contributed by atoms with Crippen LogP contribution >= 0.6 is 0 Å². The molecule has 8 aromatic rings. The lowest BCUT2D eigenvalue weighted by Gasteiger charge is -2.35. The van der Waals surface area contributed by atoms with Crippen molar-refractivity contribution in [1.29, 1.82) is 0 Å². The van der Waals surface area contributed by atoms with Crippen molar-refractivity contribution >= 4 is 21.5 Å². The zero-order chi connectivity index (χ0) is 30.2. The van der Waals surface area contributed by atoms with Crippen molar-refractivity contribution in [3.05, 3.63) is 192 Å². The van der Waals surface area contributed by atoms with Crippen LogP contribution in [0.3, 0.4) is 0 Å². The summed E-state index contributed by atoms with van der Waals surface area (Å²) < 4.78 is 6.80. The maximum atomic E-state index is 6.80. The predicted octanol–water partition coefficient (Wildman–Crippen LogP) is 11.8. The molecular weight excluding hydrogens is 556 g/mol. The van der Waals surface area contributed by atoms with Gasteiger partial charge in [0.05, 0.1) is 5.41 Å². The Labute approximate surface area is 268 Å². The summed E-state index contributed by atoms with van der Waals surface area (Å²) in [6, 6.07) is 62.0. The Kier molecular flexibility index (Phi) is 5.27. The molecule has 0 atom stereocenters. The molecule has 2 aliphatic rings. The highest BCUT2D eigenvalue weighted by Crippen LogP contribution is 2.59. The number of ether oxygens (including phenoxy) is 1. The Morgan fingerprint density at radius 3 is 1.85 bits per heavy atom. The molecule has 0 N–H and O–H groups in total.